The first-order valence-electron chi connectivity index (χ1n) is 10.6. The van der Waals surface area contributed by atoms with Gasteiger partial charge in [-0.3, -0.25) is 9.59 Å². The summed E-state index contributed by atoms with van der Waals surface area (Å²) >= 11 is 3.33. The first kappa shape index (κ1) is 19.6. The van der Waals surface area contributed by atoms with Crippen molar-refractivity contribution >= 4 is 39.2 Å². The summed E-state index contributed by atoms with van der Waals surface area (Å²) in [7, 11) is 0. The third kappa shape index (κ3) is 3.99. The smallest absolute Gasteiger partial charge is 0.259 e. The number of aromatic nitrogens is 2. The Kier molecular flexibility index (Phi) is 5.43. The fourth-order valence-corrected chi connectivity index (χ4v) is 6.88. The predicted molar refractivity (Wildman–Crippen MR) is 117 cm³/mol. The summed E-state index contributed by atoms with van der Waals surface area (Å²) in [6.07, 6.45) is 8.04. The second kappa shape index (κ2) is 8.04. The van der Waals surface area contributed by atoms with Crippen molar-refractivity contribution in [2.24, 2.45) is 5.92 Å². The minimum atomic E-state index is -0.0304. The molecule has 0 bridgehead atoms. The van der Waals surface area contributed by atoms with Gasteiger partial charge in [-0.25, -0.2) is 4.98 Å². The van der Waals surface area contributed by atoms with Crippen LogP contribution < -0.4 is 10.9 Å². The topological polar surface area (TPSA) is 84.1 Å². The number of carbonyl (C=O) groups excluding carboxylic acids is 1. The highest BCUT2D eigenvalue weighted by molar-refractivity contribution is 7.98. The maximum Gasteiger partial charge on any atom is 0.259 e. The zero-order valence-electron chi connectivity index (χ0n) is 16.6. The van der Waals surface area contributed by atoms with E-state index in [9.17, 15) is 9.59 Å². The van der Waals surface area contributed by atoms with Crippen molar-refractivity contribution in [3.63, 3.8) is 0 Å². The third-order valence-corrected chi connectivity index (χ3v) is 8.62. The van der Waals surface area contributed by atoms with E-state index in [1.807, 2.05) is 0 Å². The van der Waals surface area contributed by atoms with Crippen LogP contribution in [-0.4, -0.2) is 40.4 Å². The van der Waals surface area contributed by atoms with E-state index in [2.05, 4.69) is 15.3 Å². The third-order valence-electron chi connectivity index (χ3n) is 6.47. The van der Waals surface area contributed by atoms with Gasteiger partial charge in [0.15, 0.2) is 0 Å². The number of aryl methyl sites for hydroxylation is 2. The standard InChI is InChI=1S/C21H27N3O3S2/c25-17(24-21(13-4-5-13)7-9-27-10-8-21)6-11-28-12-16-22-19(26)18-14-2-1-3-15(14)29-20(18)23-16/h13H,1-12H2,(H,24,25)(H,22,23,26). The van der Waals surface area contributed by atoms with Gasteiger partial charge in [0.05, 0.1) is 11.1 Å². The molecule has 1 saturated heterocycles. The Labute approximate surface area is 178 Å². The molecule has 0 radical (unpaired) electrons. The van der Waals surface area contributed by atoms with E-state index >= 15 is 0 Å². The van der Waals surface area contributed by atoms with Gasteiger partial charge in [0, 0.05) is 35.8 Å². The highest BCUT2D eigenvalue weighted by Crippen LogP contribution is 2.45. The maximum absolute atomic E-state index is 12.5. The summed E-state index contributed by atoms with van der Waals surface area (Å²) in [5.41, 5.74) is 1.18. The molecule has 0 aromatic carbocycles. The SMILES string of the molecule is O=C(CCSCc1nc2sc3c(c2c(=O)[nH]1)CCC3)NC1(C2CC2)CCOCC1. The first-order valence-corrected chi connectivity index (χ1v) is 12.6. The lowest BCUT2D eigenvalue weighted by molar-refractivity contribution is -0.124. The molecule has 29 heavy (non-hydrogen) atoms. The highest BCUT2D eigenvalue weighted by Gasteiger charge is 2.46. The van der Waals surface area contributed by atoms with Crippen LogP contribution in [0.1, 0.15) is 54.8 Å². The number of fused-ring (bicyclic) bond motifs is 3. The molecule has 5 rings (SSSR count). The normalized spacial score (nSPS) is 20.7. The molecule has 0 unspecified atom stereocenters. The Balaban J connectivity index is 1.15. The van der Waals surface area contributed by atoms with E-state index in [-0.39, 0.29) is 17.0 Å². The van der Waals surface area contributed by atoms with Gasteiger partial charge in [0.25, 0.3) is 5.56 Å². The van der Waals surface area contributed by atoms with Crippen molar-refractivity contribution in [1.29, 1.82) is 0 Å². The van der Waals surface area contributed by atoms with Crippen LogP contribution in [0, 0.1) is 5.92 Å². The molecule has 156 valence electrons. The molecular weight excluding hydrogens is 406 g/mol. The lowest BCUT2D eigenvalue weighted by atomic mass is 9.84. The largest absolute Gasteiger partial charge is 0.381 e. The molecule has 8 heteroatoms. The first-order chi connectivity index (χ1) is 14.1. The van der Waals surface area contributed by atoms with Crippen LogP contribution >= 0.6 is 23.1 Å². The van der Waals surface area contributed by atoms with Crippen molar-refractivity contribution in [1.82, 2.24) is 15.3 Å². The number of thioether (sulfide) groups is 1. The molecule has 2 aliphatic carbocycles. The molecule has 1 amide bonds. The summed E-state index contributed by atoms with van der Waals surface area (Å²) < 4.78 is 5.50. The van der Waals surface area contributed by atoms with E-state index in [0.29, 0.717) is 23.9 Å². The second-order valence-corrected chi connectivity index (χ2v) is 10.6. The molecule has 1 saturated carbocycles. The quantitative estimate of drug-likeness (QED) is 0.655. The molecule has 0 spiro atoms. The molecule has 3 heterocycles. The number of hydrogen-bond acceptors (Lipinski definition) is 6. The molecule has 2 aromatic rings. The van der Waals surface area contributed by atoms with Crippen LogP contribution in [-0.2, 0) is 28.1 Å². The Morgan fingerprint density at radius 1 is 1.31 bits per heavy atom. The number of hydrogen-bond donors (Lipinski definition) is 2. The summed E-state index contributed by atoms with van der Waals surface area (Å²) in [4.78, 5) is 34.9. The zero-order chi connectivity index (χ0) is 19.8. The number of rotatable bonds is 7. The number of amides is 1. The average Bonchev–Trinajstić information content (AvgIpc) is 3.38. The molecule has 1 aliphatic heterocycles. The van der Waals surface area contributed by atoms with Gasteiger partial charge in [-0.05, 0) is 56.4 Å². The molecule has 2 fully saturated rings. The van der Waals surface area contributed by atoms with Gasteiger partial charge in [0.2, 0.25) is 5.91 Å². The van der Waals surface area contributed by atoms with E-state index in [1.54, 1.807) is 23.1 Å². The summed E-state index contributed by atoms with van der Waals surface area (Å²) in [6.45, 7) is 1.50. The van der Waals surface area contributed by atoms with Crippen LogP contribution in [0.4, 0.5) is 0 Å². The highest BCUT2D eigenvalue weighted by atomic mass is 32.2. The Bertz CT molecular complexity index is 973. The van der Waals surface area contributed by atoms with Crippen LogP contribution in [0.5, 0.6) is 0 Å². The molecule has 2 aromatic heterocycles. The fraction of sp³-hybridized carbons (Fsp3) is 0.667. The Hall–Kier alpha value is -1.38. The molecule has 6 nitrogen and oxygen atoms in total. The van der Waals surface area contributed by atoms with Gasteiger partial charge < -0.3 is 15.0 Å². The van der Waals surface area contributed by atoms with Crippen molar-refractivity contribution in [3.8, 4) is 0 Å². The average molecular weight is 434 g/mol. The minimum absolute atomic E-state index is 0.00589. The summed E-state index contributed by atoms with van der Waals surface area (Å²) in [5, 5.41) is 4.15. The van der Waals surface area contributed by atoms with Gasteiger partial charge in [-0.1, -0.05) is 0 Å². The zero-order valence-corrected chi connectivity index (χ0v) is 18.2. The molecule has 0 atom stereocenters. The molecular formula is C21H27N3O3S2. The van der Waals surface area contributed by atoms with E-state index < -0.39 is 0 Å². The number of nitrogens with zero attached hydrogens (tertiary/aromatic N) is 1. The number of carbonyl (C=O) groups is 1. The van der Waals surface area contributed by atoms with Gasteiger partial charge >= 0.3 is 0 Å². The lowest BCUT2D eigenvalue weighted by Crippen LogP contribution is -2.53. The van der Waals surface area contributed by atoms with Gasteiger partial charge in [0.1, 0.15) is 10.7 Å². The van der Waals surface area contributed by atoms with Crippen LogP contribution in [0.15, 0.2) is 4.79 Å². The maximum atomic E-state index is 12.5. The van der Waals surface area contributed by atoms with Crippen molar-refractivity contribution in [2.75, 3.05) is 19.0 Å². The number of H-pyrrole nitrogens is 1. The van der Waals surface area contributed by atoms with E-state index in [1.165, 1.54) is 23.3 Å². The molecule has 3 aliphatic rings. The van der Waals surface area contributed by atoms with Crippen molar-refractivity contribution < 1.29 is 9.53 Å². The summed E-state index contributed by atoms with van der Waals surface area (Å²) in [5.74, 6) is 2.84. The number of nitrogens with one attached hydrogen (secondary N) is 2. The Morgan fingerprint density at radius 3 is 2.93 bits per heavy atom. The monoisotopic (exact) mass is 433 g/mol. The fourth-order valence-electron chi connectivity index (χ4n) is 4.80. The van der Waals surface area contributed by atoms with Crippen LogP contribution in [0.3, 0.4) is 0 Å². The van der Waals surface area contributed by atoms with Crippen molar-refractivity contribution in [2.45, 2.75) is 62.7 Å². The van der Waals surface area contributed by atoms with Gasteiger partial charge in [-0.2, -0.15) is 11.8 Å². The number of aromatic amines is 1. The lowest BCUT2D eigenvalue weighted by Gasteiger charge is -2.38. The van der Waals surface area contributed by atoms with Crippen LogP contribution in [0.2, 0.25) is 0 Å². The summed E-state index contributed by atoms with van der Waals surface area (Å²) in [6, 6.07) is 0. The van der Waals surface area contributed by atoms with Crippen molar-refractivity contribution in [3.05, 3.63) is 26.6 Å². The second-order valence-electron chi connectivity index (χ2n) is 8.44. The predicted octanol–water partition coefficient (Wildman–Crippen LogP) is 3.17. The van der Waals surface area contributed by atoms with E-state index in [4.69, 9.17) is 4.74 Å². The number of thiophene rings is 1. The Morgan fingerprint density at radius 2 is 2.14 bits per heavy atom. The number of ether oxygens (including phenoxy) is 1. The minimum Gasteiger partial charge on any atom is -0.381 e. The van der Waals surface area contributed by atoms with Crippen LogP contribution in [0.25, 0.3) is 10.2 Å². The van der Waals surface area contributed by atoms with E-state index in [0.717, 1.165) is 61.3 Å². The molecule has 2 N–H and O–H groups in total. The van der Waals surface area contributed by atoms with Gasteiger partial charge in [-0.15, -0.1) is 11.3 Å².